The Balaban J connectivity index is 2.08. The number of hydrogen-bond donors (Lipinski definition) is 0. The molecule has 2 aromatic carbocycles. The van der Waals surface area contributed by atoms with Crippen LogP contribution in [-0.4, -0.2) is 0 Å². The number of aryl methyl sites for hydroxylation is 2. The van der Waals surface area contributed by atoms with Gasteiger partial charge in [0.05, 0.1) is 0 Å². The maximum absolute atomic E-state index is 11.9. The standard InChI is InChI=1S/C19H14O3/c1-11-7-14-15(10-19(20)22-17(14)8-12(11)2)18-9-13-5-3-4-6-16(13)21-18/h3-10H,1-2H3. The normalized spacial score (nSPS) is 11.4. The molecule has 0 amide bonds. The zero-order chi connectivity index (χ0) is 15.3. The van der Waals surface area contributed by atoms with Gasteiger partial charge in [-0.1, -0.05) is 18.2 Å². The fourth-order valence-electron chi connectivity index (χ4n) is 2.74. The molecule has 0 bridgehead atoms. The van der Waals surface area contributed by atoms with Crippen LogP contribution < -0.4 is 5.63 Å². The van der Waals surface area contributed by atoms with Crippen LogP contribution in [0.25, 0.3) is 33.3 Å². The predicted molar refractivity (Wildman–Crippen MR) is 87.2 cm³/mol. The maximum atomic E-state index is 11.9. The van der Waals surface area contributed by atoms with Crippen molar-refractivity contribution in [1.82, 2.24) is 0 Å². The van der Waals surface area contributed by atoms with Crippen molar-refractivity contribution in [3.63, 3.8) is 0 Å². The summed E-state index contributed by atoms with van der Waals surface area (Å²) in [5.41, 5.74) is 4.04. The first-order valence-electron chi connectivity index (χ1n) is 7.16. The molecule has 0 aliphatic heterocycles. The van der Waals surface area contributed by atoms with Crippen molar-refractivity contribution in [2.24, 2.45) is 0 Å². The van der Waals surface area contributed by atoms with Gasteiger partial charge >= 0.3 is 5.63 Å². The van der Waals surface area contributed by atoms with E-state index in [2.05, 4.69) is 0 Å². The quantitative estimate of drug-likeness (QED) is 0.472. The minimum Gasteiger partial charge on any atom is -0.456 e. The average Bonchev–Trinajstić information content (AvgIpc) is 2.92. The fraction of sp³-hybridized carbons (Fsp3) is 0.105. The Morgan fingerprint density at radius 3 is 2.41 bits per heavy atom. The van der Waals surface area contributed by atoms with Crippen LogP contribution in [0.1, 0.15) is 11.1 Å². The second-order valence-corrected chi connectivity index (χ2v) is 5.56. The van der Waals surface area contributed by atoms with Crippen molar-refractivity contribution in [2.45, 2.75) is 13.8 Å². The smallest absolute Gasteiger partial charge is 0.336 e. The average molecular weight is 290 g/mol. The highest BCUT2D eigenvalue weighted by atomic mass is 16.4. The van der Waals surface area contributed by atoms with E-state index in [1.54, 1.807) is 0 Å². The van der Waals surface area contributed by atoms with E-state index >= 15 is 0 Å². The zero-order valence-electron chi connectivity index (χ0n) is 12.3. The Labute approximate surface area is 126 Å². The molecule has 108 valence electrons. The van der Waals surface area contributed by atoms with Crippen LogP contribution in [0.15, 0.2) is 62.2 Å². The van der Waals surface area contributed by atoms with E-state index in [0.29, 0.717) is 11.3 Å². The lowest BCUT2D eigenvalue weighted by molar-refractivity contribution is 0.559. The molecular weight excluding hydrogens is 276 g/mol. The van der Waals surface area contributed by atoms with Crippen LogP contribution in [-0.2, 0) is 0 Å². The van der Waals surface area contributed by atoms with E-state index in [4.69, 9.17) is 8.83 Å². The number of hydrogen-bond acceptors (Lipinski definition) is 3. The summed E-state index contributed by atoms with van der Waals surface area (Å²) in [5, 5.41) is 1.91. The number of fused-ring (bicyclic) bond motifs is 2. The number of para-hydroxylation sites is 1. The van der Waals surface area contributed by atoms with Crippen molar-refractivity contribution in [2.75, 3.05) is 0 Å². The van der Waals surface area contributed by atoms with E-state index in [1.807, 2.05) is 56.3 Å². The Kier molecular flexibility index (Phi) is 2.70. The molecule has 0 saturated heterocycles. The highest BCUT2D eigenvalue weighted by Crippen LogP contribution is 2.33. The van der Waals surface area contributed by atoms with E-state index in [0.717, 1.165) is 33.0 Å². The molecular formula is C19H14O3. The largest absolute Gasteiger partial charge is 0.456 e. The van der Waals surface area contributed by atoms with Gasteiger partial charge in [-0.2, -0.15) is 0 Å². The third kappa shape index (κ3) is 1.94. The van der Waals surface area contributed by atoms with Gasteiger partial charge in [-0.15, -0.1) is 0 Å². The summed E-state index contributed by atoms with van der Waals surface area (Å²) in [7, 11) is 0. The summed E-state index contributed by atoms with van der Waals surface area (Å²) in [4.78, 5) is 11.9. The molecule has 4 aromatic rings. The van der Waals surface area contributed by atoms with Gasteiger partial charge in [-0.25, -0.2) is 4.79 Å². The second-order valence-electron chi connectivity index (χ2n) is 5.56. The molecule has 0 fully saturated rings. The second kappa shape index (κ2) is 4.60. The predicted octanol–water partition coefficient (Wildman–Crippen LogP) is 4.82. The van der Waals surface area contributed by atoms with Crippen LogP contribution in [0.5, 0.6) is 0 Å². The Bertz CT molecular complexity index is 1030. The van der Waals surface area contributed by atoms with Crippen molar-refractivity contribution in [3.05, 3.63) is 70.1 Å². The number of rotatable bonds is 1. The van der Waals surface area contributed by atoms with Crippen LogP contribution in [0.4, 0.5) is 0 Å². The summed E-state index contributed by atoms with van der Waals surface area (Å²) in [5.74, 6) is 0.683. The van der Waals surface area contributed by atoms with Crippen LogP contribution in [0.3, 0.4) is 0 Å². The molecule has 3 nitrogen and oxygen atoms in total. The molecule has 0 spiro atoms. The lowest BCUT2D eigenvalue weighted by Gasteiger charge is -2.06. The van der Waals surface area contributed by atoms with Gasteiger partial charge in [0.2, 0.25) is 0 Å². The van der Waals surface area contributed by atoms with Gasteiger partial charge in [0.1, 0.15) is 16.9 Å². The van der Waals surface area contributed by atoms with Crippen LogP contribution in [0.2, 0.25) is 0 Å². The highest BCUT2D eigenvalue weighted by Gasteiger charge is 2.13. The van der Waals surface area contributed by atoms with Crippen molar-refractivity contribution in [3.8, 4) is 11.3 Å². The molecule has 22 heavy (non-hydrogen) atoms. The summed E-state index contributed by atoms with van der Waals surface area (Å²) >= 11 is 0. The molecule has 0 aliphatic carbocycles. The Hall–Kier alpha value is -2.81. The molecule has 0 unspecified atom stereocenters. The van der Waals surface area contributed by atoms with Crippen molar-refractivity contribution >= 4 is 21.9 Å². The first-order chi connectivity index (χ1) is 10.6. The first-order valence-corrected chi connectivity index (χ1v) is 7.16. The maximum Gasteiger partial charge on any atom is 0.336 e. The fourth-order valence-corrected chi connectivity index (χ4v) is 2.74. The molecule has 0 radical (unpaired) electrons. The van der Waals surface area contributed by atoms with Gasteiger partial charge in [0, 0.05) is 22.4 Å². The highest BCUT2D eigenvalue weighted by molar-refractivity contribution is 5.95. The van der Waals surface area contributed by atoms with E-state index in [1.165, 1.54) is 6.07 Å². The Morgan fingerprint density at radius 2 is 1.59 bits per heavy atom. The molecule has 0 saturated carbocycles. The zero-order valence-corrected chi connectivity index (χ0v) is 12.3. The number of benzene rings is 2. The summed E-state index contributed by atoms with van der Waals surface area (Å²) < 4.78 is 11.2. The van der Waals surface area contributed by atoms with Gasteiger partial charge in [0.15, 0.2) is 0 Å². The SMILES string of the molecule is Cc1cc2oc(=O)cc(-c3cc4ccccc4o3)c2cc1C. The lowest BCUT2D eigenvalue weighted by atomic mass is 10.0. The van der Waals surface area contributed by atoms with Gasteiger partial charge in [0.25, 0.3) is 0 Å². The summed E-state index contributed by atoms with van der Waals surface area (Å²) in [6.45, 7) is 4.05. The molecule has 2 aromatic heterocycles. The third-order valence-electron chi connectivity index (χ3n) is 4.05. The number of furan rings is 1. The van der Waals surface area contributed by atoms with Crippen molar-refractivity contribution in [1.29, 1.82) is 0 Å². The van der Waals surface area contributed by atoms with E-state index in [9.17, 15) is 4.79 Å². The first kappa shape index (κ1) is 12.9. The molecule has 3 heteroatoms. The van der Waals surface area contributed by atoms with Gasteiger partial charge < -0.3 is 8.83 Å². The molecule has 0 atom stereocenters. The minimum atomic E-state index is -0.369. The lowest BCUT2D eigenvalue weighted by Crippen LogP contribution is -1.98. The molecule has 2 heterocycles. The summed E-state index contributed by atoms with van der Waals surface area (Å²) in [6, 6.07) is 15.2. The monoisotopic (exact) mass is 290 g/mol. The van der Waals surface area contributed by atoms with Crippen LogP contribution in [0, 0.1) is 13.8 Å². The Morgan fingerprint density at radius 1 is 0.818 bits per heavy atom. The van der Waals surface area contributed by atoms with E-state index in [-0.39, 0.29) is 5.63 Å². The third-order valence-corrected chi connectivity index (χ3v) is 4.05. The topological polar surface area (TPSA) is 43.4 Å². The molecule has 4 rings (SSSR count). The van der Waals surface area contributed by atoms with Gasteiger partial charge in [-0.3, -0.25) is 0 Å². The van der Waals surface area contributed by atoms with Crippen molar-refractivity contribution < 1.29 is 8.83 Å². The minimum absolute atomic E-state index is 0.369. The van der Waals surface area contributed by atoms with Crippen LogP contribution >= 0.6 is 0 Å². The molecule has 0 N–H and O–H groups in total. The summed E-state index contributed by atoms with van der Waals surface area (Å²) in [6.07, 6.45) is 0. The molecule has 0 aliphatic rings. The van der Waals surface area contributed by atoms with Gasteiger partial charge in [-0.05, 0) is 49.2 Å². The van der Waals surface area contributed by atoms with E-state index < -0.39 is 0 Å².